The minimum Gasteiger partial charge on any atom is -0.365 e. The van der Waals surface area contributed by atoms with Gasteiger partial charge in [-0.2, -0.15) is 0 Å². The summed E-state index contributed by atoms with van der Waals surface area (Å²) in [4.78, 5) is 5.32. The molecule has 1 aromatic carbocycles. The first-order valence-electron chi connectivity index (χ1n) is 4.29. The summed E-state index contributed by atoms with van der Waals surface area (Å²) in [7, 11) is 1.86. The second kappa shape index (κ2) is 4.51. The molecule has 0 spiro atoms. The van der Waals surface area contributed by atoms with Crippen LogP contribution in [0.25, 0.3) is 10.4 Å². The Morgan fingerprint density at radius 2 is 2.27 bits per heavy atom. The van der Waals surface area contributed by atoms with Crippen LogP contribution in [0, 0.1) is 0 Å². The number of hydrogen-bond donors (Lipinski definition) is 1. The van der Waals surface area contributed by atoms with Gasteiger partial charge in [-0.05, 0) is 33.6 Å². The summed E-state index contributed by atoms with van der Waals surface area (Å²) in [5.74, 6) is 0. The Kier molecular flexibility index (Phi) is 3.29. The molecule has 0 atom stereocenters. The number of anilines is 1. The summed E-state index contributed by atoms with van der Waals surface area (Å²) in [5, 5.41) is 4.63. The van der Waals surface area contributed by atoms with Crippen LogP contribution in [0.4, 0.5) is 5.13 Å². The molecule has 2 rings (SSSR count). The maximum Gasteiger partial charge on any atom is 0.182 e. The molecule has 15 heavy (non-hydrogen) atoms. The highest BCUT2D eigenvalue weighted by atomic mass is 79.9. The van der Waals surface area contributed by atoms with Gasteiger partial charge in [-0.3, -0.25) is 0 Å². The van der Waals surface area contributed by atoms with Crippen molar-refractivity contribution in [3.63, 3.8) is 0 Å². The number of rotatable bonds is 2. The third-order valence-electron chi connectivity index (χ3n) is 1.92. The third kappa shape index (κ3) is 2.33. The number of nitrogens with one attached hydrogen (secondary N) is 1. The molecule has 0 bridgehead atoms. The molecule has 1 N–H and O–H groups in total. The van der Waals surface area contributed by atoms with Crippen LogP contribution < -0.4 is 5.32 Å². The fraction of sp³-hybridized carbons (Fsp3) is 0.100. The molecule has 0 fully saturated rings. The molecule has 0 aliphatic heterocycles. The maximum absolute atomic E-state index is 6.03. The summed E-state index contributed by atoms with van der Waals surface area (Å²) in [5.41, 5.74) is 1.09. The molecule has 78 valence electrons. The average Bonchev–Trinajstić information content (AvgIpc) is 2.70. The van der Waals surface area contributed by atoms with Gasteiger partial charge >= 0.3 is 0 Å². The smallest absolute Gasteiger partial charge is 0.182 e. The molecule has 0 saturated heterocycles. The molecule has 2 nitrogen and oxygen atoms in total. The van der Waals surface area contributed by atoms with Crippen LogP contribution in [-0.2, 0) is 0 Å². The predicted octanol–water partition coefficient (Wildman–Crippen LogP) is 4.27. The van der Waals surface area contributed by atoms with E-state index in [0.29, 0.717) is 5.02 Å². The van der Waals surface area contributed by atoms with Gasteiger partial charge in [-0.25, -0.2) is 4.98 Å². The van der Waals surface area contributed by atoms with E-state index >= 15 is 0 Å². The lowest BCUT2D eigenvalue weighted by Gasteiger charge is -1.99. The van der Waals surface area contributed by atoms with Crippen molar-refractivity contribution in [2.75, 3.05) is 12.4 Å². The SMILES string of the molecule is CNc1ncc(-c2ccc(Br)c(Cl)c2)s1. The van der Waals surface area contributed by atoms with E-state index in [9.17, 15) is 0 Å². The van der Waals surface area contributed by atoms with Crippen molar-refractivity contribution in [3.05, 3.63) is 33.9 Å². The first kappa shape index (κ1) is 10.9. The zero-order chi connectivity index (χ0) is 10.8. The summed E-state index contributed by atoms with van der Waals surface area (Å²) in [6.07, 6.45) is 1.84. The van der Waals surface area contributed by atoms with E-state index in [1.165, 1.54) is 0 Å². The van der Waals surface area contributed by atoms with Crippen LogP contribution in [0.2, 0.25) is 5.02 Å². The molecule has 1 heterocycles. The summed E-state index contributed by atoms with van der Waals surface area (Å²) < 4.78 is 0.909. The van der Waals surface area contributed by atoms with Gasteiger partial charge < -0.3 is 5.32 Å². The average molecular weight is 304 g/mol. The molecule has 0 aliphatic rings. The molecule has 0 unspecified atom stereocenters. The van der Waals surface area contributed by atoms with E-state index in [-0.39, 0.29) is 0 Å². The highest BCUT2D eigenvalue weighted by Gasteiger charge is 2.05. The van der Waals surface area contributed by atoms with Crippen LogP contribution in [0.1, 0.15) is 0 Å². The molecule has 0 amide bonds. The highest BCUT2D eigenvalue weighted by molar-refractivity contribution is 9.10. The standard InChI is InChI=1S/C10H8BrClN2S/c1-13-10-14-5-9(15-10)6-2-3-7(11)8(12)4-6/h2-5H,1H3,(H,13,14). The van der Waals surface area contributed by atoms with E-state index in [1.807, 2.05) is 31.4 Å². The van der Waals surface area contributed by atoms with E-state index in [0.717, 1.165) is 20.0 Å². The van der Waals surface area contributed by atoms with Gasteiger partial charge in [0.2, 0.25) is 0 Å². The number of halogens is 2. The lowest BCUT2D eigenvalue weighted by atomic mass is 10.2. The van der Waals surface area contributed by atoms with Gasteiger partial charge in [0.1, 0.15) is 0 Å². The molecule has 2 aromatic rings. The Morgan fingerprint density at radius 3 is 2.87 bits per heavy atom. The zero-order valence-electron chi connectivity index (χ0n) is 7.92. The van der Waals surface area contributed by atoms with Crippen molar-refractivity contribution in [2.24, 2.45) is 0 Å². The minimum atomic E-state index is 0.715. The topological polar surface area (TPSA) is 24.9 Å². The second-order valence-electron chi connectivity index (χ2n) is 2.91. The van der Waals surface area contributed by atoms with Crippen molar-refractivity contribution in [2.45, 2.75) is 0 Å². The predicted molar refractivity (Wildman–Crippen MR) is 69.8 cm³/mol. The monoisotopic (exact) mass is 302 g/mol. The molecule has 5 heteroatoms. The first-order chi connectivity index (χ1) is 7.20. The minimum absolute atomic E-state index is 0.715. The van der Waals surface area contributed by atoms with Crippen LogP contribution >= 0.6 is 38.9 Å². The fourth-order valence-electron chi connectivity index (χ4n) is 1.17. The normalized spacial score (nSPS) is 10.3. The number of thiazole rings is 1. The Balaban J connectivity index is 2.40. The Morgan fingerprint density at radius 1 is 1.47 bits per heavy atom. The fourth-order valence-corrected chi connectivity index (χ4v) is 2.37. The van der Waals surface area contributed by atoms with Crippen molar-refractivity contribution in [3.8, 4) is 10.4 Å². The molecule has 1 aromatic heterocycles. The number of nitrogens with zero attached hydrogens (tertiary/aromatic N) is 1. The summed E-state index contributed by atoms with van der Waals surface area (Å²) in [6.45, 7) is 0. The lowest BCUT2D eigenvalue weighted by molar-refractivity contribution is 1.37. The third-order valence-corrected chi connectivity index (χ3v) is 4.22. The quantitative estimate of drug-likeness (QED) is 0.896. The second-order valence-corrected chi connectivity index (χ2v) is 5.20. The number of benzene rings is 1. The molecular formula is C10H8BrClN2S. The van der Waals surface area contributed by atoms with Gasteiger partial charge in [-0.1, -0.05) is 29.0 Å². The zero-order valence-corrected chi connectivity index (χ0v) is 11.1. The van der Waals surface area contributed by atoms with Gasteiger partial charge in [-0.15, -0.1) is 0 Å². The van der Waals surface area contributed by atoms with Gasteiger partial charge in [0, 0.05) is 17.7 Å². The van der Waals surface area contributed by atoms with E-state index in [1.54, 1.807) is 11.3 Å². The Bertz CT molecular complexity index is 484. The molecule has 0 radical (unpaired) electrons. The maximum atomic E-state index is 6.03. The van der Waals surface area contributed by atoms with E-state index < -0.39 is 0 Å². The van der Waals surface area contributed by atoms with Gasteiger partial charge in [0.15, 0.2) is 5.13 Å². The Labute approximate surface area is 105 Å². The van der Waals surface area contributed by atoms with E-state index in [2.05, 4.69) is 26.2 Å². The van der Waals surface area contributed by atoms with Gasteiger partial charge in [0.05, 0.1) is 9.90 Å². The van der Waals surface area contributed by atoms with E-state index in [4.69, 9.17) is 11.6 Å². The molecular weight excluding hydrogens is 296 g/mol. The van der Waals surface area contributed by atoms with Crippen molar-refractivity contribution < 1.29 is 0 Å². The van der Waals surface area contributed by atoms with Crippen LogP contribution in [0.15, 0.2) is 28.9 Å². The van der Waals surface area contributed by atoms with Crippen LogP contribution in [0.5, 0.6) is 0 Å². The van der Waals surface area contributed by atoms with Crippen molar-refractivity contribution in [1.29, 1.82) is 0 Å². The van der Waals surface area contributed by atoms with Crippen molar-refractivity contribution >= 4 is 44.0 Å². The molecule has 0 aliphatic carbocycles. The number of aromatic nitrogens is 1. The number of hydrogen-bond acceptors (Lipinski definition) is 3. The van der Waals surface area contributed by atoms with Crippen molar-refractivity contribution in [1.82, 2.24) is 4.98 Å². The van der Waals surface area contributed by atoms with Crippen LogP contribution in [-0.4, -0.2) is 12.0 Å². The first-order valence-corrected chi connectivity index (χ1v) is 6.28. The molecule has 0 saturated carbocycles. The Hall–Kier alpha value is -0.580. The van der Waals surface area contributed by atoms with Crippen LogP contribution in [0.3, 0.4) is 0 Å². The highest BCUT2D eigenvalue weighted by Crippen LogP contribution is 2.32. The lowest BCUT2D eigenvalue weighted by Crippen LogP contribution is -1.83. The summed E-state index contributed by atoms with van der Waals surface area (Å²) >= 11 is 11.0. The summed E-state index contributed by atoms with van der Waals surface area (Å²) in [6, 6.07) is 5.89. The largest absolute Gasteiger partial charge is 0.365 e. The van der Waals surface area contributed by atoms with Gasteiger partial charge in [0.25, 0.3) is 0 Å².